The summed E-state index contributed by atoms with van der Waals surface area (Å²) in [7, 11) is 1.92. The predicted molar refractivity (Wildman–Crippen MR) is 91.8 cm³/mol. The smallest absolute Gasteiger partial charge is 0.269 e. The molecule has 0 amide bonds. The highest BCUT2D eigenvalue weighted by Crippen LogP contribution is 2.23. The SMILES string of the molecule is CN(Cc1cc([N+](=O)[O-])ccc1F)C1CCCN(c2cccnn2)C1. The summed E-state index contributed by atoms with van der Waals surface area (Å²) < 4.78 is 14.0. The molecule has 1 unspecified atom stereocenters. The van der Waals surface area contributed by atoms with Gasteiger partial charge in [-0.25, -0.2) is 4.39 Å². The summed E-state index contributed by atoms with van der Waals surface area (Å²) in [5, 5.41) is 19.0. The highest BCUT2D eigenvalue weighted by molar-refractivity contribution is 5.37. The Morgan fingerprint density at radius 1 is 1.44 bits per heavy atom. The fraction of sp³-hybridized carbons (Fsp3) is 0.412. The molecular formula is C17H20FN5O2. The second kappa shape index (κ2) is 7.52. The Morgan fingerprint density at radius 2 is 2.28 bits per heavy atom. The lowest BCUT2D eigenvalue weighted by atomic mass is 10.0. The molecule has 0 N–H and O–H groups in total. The van der Waals surface area contributed by atoms with Gasteiger partial charge in [-0.15, -0.1) is 5.10 Å². The fourth-order valence-electron chi connectivity index (χ4n) is 3.18. The number of likely N-dealkylation sites (N-methyl/N-ethyl adjacent to an activating group) is 1. The third-order valence-electron chi connectivity index (χ3n) is 4.56. The van der Waals surface area contributed by atoms with Crippen LogP contribution in [0.1, 0.15) is 18.4 Å². The third-order valence-corrected chi connectivity index (χ3v) is 4.56. The average molecular weight is 345 g/mol. The van der Waals surface area contributed by atoms with Gasteiger partial charge in [0.05, 0.1) is 4.92 Å². The number of nitro groups is 1. The molecule has 1 fully saturated rings. The third kappa shape index (κ3) is 4.08. The molecule has 1 saturated heterocycles. The van der Waals surface area contributed by atoms with Gasteiger partial charge in [0.1, 0.15) is 5.82 Å². The van der Waals surface area contributed by atoms with Crippen molar-refractivity contribution in [3.05, 3.63) is 58.0 Å². The molecule has 7 nitrogen and oxygen atoms in total. The molecular weight excluding hydrogens is 325 g/mol. The average Bonchev–Trinajstić information content (AvgIpc) is 2.64. The molecule has 1 aliphatic heterocycles. The number of rotatable bonds is 5. The highest BCUT2D eigenvalue weighted by atomic mass is 19.1. The molecule has 25 heavy (non-hydrogen) atoms. The number of hydrogen-bond acceptors (Lipinski definition) is 6. The van der Waals surface area contributed by atoms with E-state index in [0.29, 0.717) is 12.1 Å². The molecule has 3 rings (SSSR count). The molecule has 0 aliphatic carbocycles. The van der Waals surface area contributed by atoms with Crippen LogP contribution in [0.25, 0.3) is 0 Å². The molecule has 1 atom stereocenters. The van der Waals surface area contributed by atoms with Gasteiger partial charge in [0.25, 0.3) is 5.69 Å². The maximum absolute atomic E-state index is 14.0. The Labute approximate surface area is 145 Å². The Balaban J connectivity index is 1.70. The molecule has 1 aromatic heterocycles. The van der Waals surface area contributed by atoms with Gasteiger partial charge in [-0.3, -0.25) is 15.0 Å². The van der Waals surface area contributed by atoms with Gasteiger partial charge in [-0.2, -0.15) is 5.10 Å². The van der Waals surface area contributed by atoms with Crippen LogP contribution in [0, 0.1) is 15.9 Å². The first-order chi connectivity index (χ1) is 12.0. The largest absolute Gasteiger partial charge is 0.354 e. The van der Waals surface area contributed by atoms with Crippen LogP contribution in [0.15, 0.2) is 36.5 Å². The molecule has 0 radical (unpaired) electrons. The Bertz CT molecular complexity index is 743. The lowest BCUT2D eigenvalue weighted by Crippen LogP contribution is -2.46. The van der Waals surface area contributed by atoms with Gasteiger partial charge >= 0.3 is 0 Å². The number of aromatic nitrogens is 2. The zero-order valence-electron chi connectivity index (χ0n) is 14.0. The summed E-state index contributed by atoms with van der Waals surface area (Å²) in [5.41, 5.74) is 0.253. The number of anilines is 1. The van der Waals surface area contributed by atoms with E-state index >= 15 is 0 Å². The Hall–Kier alpha value is -2.61. The molecule has 1 aromatic carbocycles. The summed E-state index contributed by atoms with van der Waals surface area (Å²) in [5.74, 6) is 0.418. The van der Waals surface area contributed by atoms with Crippen molar-refractivity contribution in [3.8, 4) is 0 Å². The van der Waals surface area contributed by atoms with E-state index in [0.717, 1.165) is 37.8 Å². The molecule has 132 valence electrons. The van der Waals surface area contributed by atoms with Crippen LogP contribution in [-0.2, 0) is 6.54 Å². The van der Waals surface area contributed by atoms with Gasteiger partial charge in [0.15, 0.2) is 5.82 Å². The first-order valence-electron chi connectivity index (χ1n) is 8.20. The van der Waals surface area contributed by atoms with E-state index in [1.807, 2.05) is 24.1 Å². The minimum Gasteiger partial charge on any atom is -0.354 e. The van der Waals surface area contributed by atoms with Crippen molar-refractivity contribution in [1.82, 2.24) is 15.1 Å². The number of benzene rings is 1. The number of halogens is 1. The van der Waals surface area contributed by atoms with Crippen LogP contribution in [0.5, 0.6) is 0 Å². The van der Waals surface area contributed by atoms with Crippen LogP contribution in [-0.4, -0.2) is 46.2 Å². The highest BCUT2D eigenvalue weighted by Gasteiger charge is 2.25. The van der Waals surface area contributed by atoms with E-state index in [2.05, 4.69) is 15.1 Å². The topological polar surface area (TPSA) is 75.4 Å². The number of hydrogen-bond donors (Lipinski definition) is 0. The Morgan fingerprint density at radius 3 is 3.00 bits per heavy atom. The number of nitrogens with zero attached hydrogens (tertiary/aromatic N) is 5. The van der Waals surface area contributed by atoms with Gasteiger partial charge in [-0.1, -0.05) is 0 Å². The Kier molecular flexibility index (Phi) is 5.18. The molecule has 8 heteroatoms. The first-order valence-corrected chi connectivity index (χ1v) is 8.20. The normalized spacial score (nSPS) is 17.7. The van der Waals surface area contributed by atoms with Gasteiger partial charge in [0, 0.05) is 49.6 Å². The van der Waals surface area contributed by atoms with E-state index in [1.54, 1.807) is 6.20 Å². The van der Waals surface area contributed by atoms with E-state index in [-0.39, 0.29) is 11.7 Å². The number of non-ortho nitro benzene ring substituents is 1. The molecule has 2 heterocycles. The summed E-state index contributed by atoms with van der Waals surface area (Å²) in [4.78, 5) is 14.6. The van der Waals surface area contributed by atoms with Crippen LogP contribution >= 0.6 is 0 Å². The van der Waals surface area contributed by atoms with E-state index in [4.69, 9.17) is 0 Å². The quantitative estimate of drug-likeness (QED) is 0.612. The minimum atomic E-state index is -0.501. The fourth-order valence-corrected chi connectivity index (χ4v) is 3.18. The molecule has 2 aromatic rings. The zero-order valence-corrected chi connectivity index (χ0v) is 14.0. The summed E-state index contributed by atoms with van der Waals surface area (Å²) in [6, 6.07) is 7.66. The lowest BCUT2D eigenvalue weighted by molar-refractivity contribution is -0.385. The minimum absolute atomic E-state index is 0.0883. The predicted octanol–water partition coefficient (Wildman–Crippen LogP) is 2.62. The maximum Gasteiger partial charge on any atom is 0.269 e. The van der Waals surface area contributed by atoms with Crippen molar-refractivity contribution in [2.75, 3.05) is 25.0 Å². The summed E-state index contributed by atoms with van der Waals surface area (Å²) in [6.45, 7) is 2.01. The summed E-state index contributed by atoms with van der Waals surface area (Å²) in [6.07, 6.45) is 3.63. The van der Waals surface area contributed by atoms with E-state index in [9.17, 15) is 14.5 Å². The molecule has 0 spiro atoms. The van der Waals surface area contributed by atoms with Crippen molar-refractivity contribution >= 4 is 11.5 Å². The van der Waals surface area contributed by atoms with E-state index in [1.165, 1.54) is 12.1 Å². The molecule has 0 bridgehead atoms. The van der Waals surface area contributed by atoms with Gasteiger partial charge in [-0.05, 0) is 38.1 Å². The monoisotopic (exact) mass is 345 g/mol. The van der Waals surface area contributed by atoms with Crippen LogP contribution < -0.4 is 4.90 Å². The van der Waals surface area contributed by atoms with Crippen LogP contribution in [0.4, 0.5) is 15.9 Å². The molecule has 0 saturated carbocycles. The van der Waals surface area contributed by atoms with Crippen molar-refractivity contribution in [1.29, 1.82) is 0 Å². The maximum atomic E-state index is 14.0. The zero-order chi connectivity index (χ0) is 17.8. The second-order valence-corrected chi connectivity index (χ2v) is 6.27. The molecule has 1 aliphatic rings. The van der Waals surface area contributed by atoms with Crippen molar-refractivity contribution in [2.45, 2.75) is 25.4 Å². The van der Waals surface area contributed by atoms with Crippen LogP contribution in [0.2, 0.25) is 0 Å². The van der Waals surface area contributed by atoms with Crippen LogP contribution in [0.3, 0.4) is 0 Å². The van der Waals surface area contributed by atoms with E-state index < -0.39 is 10.7 Å². The number of nitro benzene ring substituents is 1. The second-order valence-electron chi connectivity index (χ2n) is 6.27. The van der Waals surface area contributed by atoms with Gasteiger partial charge in [0.2, 0.25) is 0 Å². The van der Waals surface area contributed by atoms with Crippen molar-refractivity contribution in [3.63, 3.8) is 0 Å². The summed E-state index contributed by atoms with van der Waals surface area (Å²) >= 11 is 0. The standard InChI is InChI=1S/C17H20FN5O2/c1-21(11-13-10-14(23(24)25)6-7-16(13)18)15-4-3-9-22(12-15)17-5-2-8-19-20-17/h2,5-8,10,15H,3-4,9,11-12H2,1H3. The lowest BCUT2D eigenvalue weighted by Gasteiger charge is -2.38. The first kappa shape index (κ1) is 17.2. The van der Waals surface area contributed by atoms with Crippen molar-refractivity contribution in [2.24, 2.45) is 0 Å². The van der Waals surface area contributed by atoms with Crippen molar-refractivity contribution < 1.29 is 9.31 Å². The van der Waals surface area contributed by atoms with Gasteiger partial charge < -0.3 is 4.90 Å². The number of piperidine rings is 1.